The van der Waals surface area contributed by atoms with Crippen molar-refractivity contribution in [3.05, 3.63) is 17.1 Å². The summed E-state index contributed by atoms with van der Waals surface area (Å²) in [5.41, 5.74) is 9.00. The highest BCUT2D eigenvalue weighted by Gasteiger charge is 2.27. The average Bonchev–Trinajstić information content (AvgIpc) is 3.09. The Morgan fingerprint density at radius 1 is 1.50 bits per heavy atom. The lowest BCUT2D eigenvalue weighted by molar-refractivity contribution is 0.537. The molecule has 1 aliphatic carbocycles. The largest absolute Gasteiger partial charge is 0.397 e. The van der Waals surface area contributed by atoms with Gasteiger partial charge in [-0.1, -0.05) is 6.92 Å². The van der Waals surface area contributed by atoms with E-state index in [1.165, 1.54) is 17.5 Å². The average molecular weight is 261 g/mol. The van der Waals surface area contributed by atoms with Crippen LogP contribution in [0.15, 0.2) is 12.1 Å². The predicted molar refractivity (Wildman–Crippen MR) is 79.1 cm³/mol. The first kappa shape index (κ1) is 11.8. The summed E-state index contributed by atoms with van der Waals surface area (Å²) < 4.78 is 1.17. The number of aromatic nitrogens is 1. The molecule has 0 bridgehead atoms. The number of nitrogens with one attached hydrogen (secondary N) is 1. The smallest absolute Gasteiger partial charge is 0.0907 e. The molecule has 1 saturated carbocycles. The molecule has 1 heterocycles. The van der Waals surface area contributed by atoms with Crippen LogP contribution in [0.25, 0.3) is 10.2 Å². The topological polar surface area (TPSA) is 50.9 Å². The number of aryl methyl sites for hydroxylation is 1. The van der Waals surface area contributed by atoms with Crippen molar-refractivity contribution in [1.82, 2.24) is 4.98 Å². The highest BCUT2D eigenvalue weighted by molar-refractivity contribution is 7.18. The number of thiazole rings is 1. The maximum Gasteiger partial charge on any atom is 0.0907 e. The summed E-state index contributed by atoms with van der Waals surface area (Å²) >= 11 is 1.70. The van der Waals surface area contributed by atoms with Gasteiger partial charge in [-0.15, -0.1) is 11.3 Å². The molecule has 1 atom stereocenters. The van der Waals surface area contributed by atoms with Crippen molar-refractivity contribution in [2.75, 3.05) is 17.6 Å². The van der Waals surface area contributed by atoms with Crippen molar-refractivity contribution in [2.24, 2.45) is 11.8 Å². The monoisotopic (exact) mass is 261 g/mol. The van der Waals surface area contributed by atoms with Gasteiger partial charge in [-0.2, -0.15) is 0 Å². The lowest BCUT2D eigenvalue weighted by Crippen LogP contribution is -2.13. The van der Waals surface area contributed by atoms with Crippen LogP contribution in [-0.2, 0) is 0 Å². The van der Waals surface area contributed by atoms with Gasteiger partial charge in [0.25, 0.3) is 0 Å². The number of anilines is 2. The first-order valence-corrected chi connectivity index (χ1v) is 7.35. The second-order valence-corrected chi connectivity index (χ2v) is 6.57. The van der Waals surface area contributed by atoms with Crippen molar-refractivity contribution >= 4 is 32.9 Å². The normalized spacial score (nSPS) is 17.0. The number of fused-ring (bicyclic) bond motifs is 1. The molecule has 3 N–H and O–H groups in total. The van der Waals surface area contributed by atoms with Gasteiger partial charge in [0.2, 0.25) is 0 Å². The summed E-state index contributed by atoms with van der Waals surface area (Å²) in [4.78, 5) is 4.51. The third-order valence-electron chi connectivity index (χ3n) is 3.71. The molecule has 1 fully saturated rings. The minimum absolute atomic E-state index is 0.734. The highest BCUT2D eigenvalue weighted by atomic mass is 32.1. The van der Waals surface area contributed by atoms with E-state index in [-0.39, 0.29) is 0 Å². The molecule has 0 amide bonds. The number of benzene rings is 1. The maximum atomic E-state index is 6.09. The summed E-state index contributed by atoms with van der Waals surface area (Å²) in [7, 11) is 0. The molecule has 18 heavy (non-hydrogen) atoms. The Labute approximate surface area is 111 Å². The molecule has 0 spiro atoms. The second kappa shape index (κ2) is 4.43. The molecule has 0 saturated heterocycles. The third kappa shape index (κ3) is 2.29. The van der Waals surface area contributed by atoms with Gasteiger partial charge in [0.05, 0.1) is 26.6 Å². The van der Waals surface area contributed by atoms with E-state index in [2.05, 4.69) is 23.3 Å². The van der Waals surface area contributed by atoms with Gasteiger partial charge in [-0.3, -0.25) is 0 Å². The lowest BCUT2D eigenvalue weighted by Gasteiger charge is -2.14. The molecular formula is C14H19N3S. The van der Waals surface area contributed by atoms with Crippen LogP contribution in [-0.4, -0.2) is 11.5 Å². The van der Waals surface area contributed by atoms with Crippen molar-refractivity contribution < 1.29 is 0 Å². The molecule has 4 heteroatoms. The summed E-state index contributed by atoms with van der Waals surface area (Å²) in [5, 5.41) is 4.57. The Morgan fingerprint density at radius 3 is 3.00 bits per heavy atom. The minimum Gasteiger partial charge on any atom is -0.397 e. The Morgan fingerprint density at radius 2 is 2.28 bits per heavy atom. The van der Waals surface area contributed by atoms with Crippen molar-refractivity contribution in [2.45, 2.75) is 26.7 Å². The van der Waals surface area contributed by atoms with Gasteiger partial charge >= 0.3 is 0 Å². The molecule has 2 aromatic rings. The van der Waals surface area contributed by atoms with E-state index < -0.39 is 0 Å². The fourth-order valence-corrected chi connectivity index (χ4v) is 3.22. The van der Waals surface area contributed by atoms with Gasteiger partial charge in [0.15, 0.2) is 0 Å². The zero-order valence-electron chi connectivity index (χ0n) is 10.9. The number of nitrogens with zero attached hydrogens (tertiary/aromatic N) is 1. The highest BCUT2D eigenvalue weighted by Crippen LogP contribution is 2.37. The summed E-state index contributed by atoms with van der Waals surface area (Å²) in [6, 6.07) is 4.11. The molecule has 0 radical (unpaired) electrons. The molecule has 3 rings (SSSR count). The van der Waals surface area contributed by atoms with Crippen LogP contribution < -0.4 is 11.1 Å². The number of hydrogen-bond acceptors (Lipinski definition) is 4. The van der Waals surface area contributed by atoms with Crippen LogP contribution in [0.5, 0.6) is 0 Å². The van der Waals surface area contributed by atoms with Crippen LogP contribution in [0.4, 0.5) is 11.4 Å². The Bertz CT molecular complexity index is 572. The van der Waals surface area contributed by atoms with Gasteiger partial charge in [0.1, 0.15) is 0 Å². The number of rotatable bonds is 4. The molecule has 1 unspecified atom stereocenters. The van der Waals surface area contributed by atoms with Gasteiger partial charge in [0, 0.05) is 6.54 Å². The quantitative estimate of drug-likeness (QED) is 0.826. The predicted octanol–water partition coefficient (Wildman–Crippen LogP) is 3.64. The Balaban J connectivity index is 1.79. The number of nitrogen functional groups attached to an aromatic ring is 1. The zero-order valence-corrected chi connectivity index (χ0v) is 11.7. The fraction of sp³-hybridized carbons (Fsp3) is 0.500. The van der Waals surface area contributed by atoms with E-state index in [9.17, 15) is 0 Å². The van der Waals surface area contributed by atoms with Crippen LogP contribution in [0, 0.1) is 18.8 Å². The van der Waals surface area contributed by atoms with Crippen LogP contribution in [0.2, 0.25) is 0 Å². The Kier molecular flexibility index (Phi) is 2.90. The second-order valence-electron chi connectivity index (χ2n) is 5.34. The number of hydrogen-bond donors (Lipinski definition) is 2. The third-order valence-corrected chi connectivity index (χ3v) is 4.64. The van der Waals surface area contributed by atoms with E-state index in [1.54, 1.807) is 11.3 Å². The molecule has 0 aliphatic heterocycles. The molecule has 1 aromatic heterocycles. The van der Waals surface area contributed by atoms with Crippen molar-refractivity contribution in [3.63, 3.8) is 0 Å². The number of nitrogens with two attached hydrogens (primary N) is 1. The maximum absolute atomic E-state index is 6.09. The van der Waals surface area contributed by atoms with E-state index in [0.717, 1.165) is 40.3 Å². The van der Waals surface area contributed by atoms with E-state index >= 15 is 0 Å². The van der Waals surface area contributed by atoms with Crippen LogP contribution >= 0.6 is 11.3 Å². The van der Waals surface area contributed by atoms with Gasteiger partial charge in [-0.05, 0) is 43.7 Å². The van der Waals surface area contributed by atoms with Gasteiger partial charge in [-0.25, -0.2) is 4.98 Å². The van der Waals surface area contributed by atoms with Crippen LogP contribution in [0.1, 0.15) is 24.8 Å². The summed E-state index contributed by atoms with van der Waals surface area (Å²) in [6.45, 7) is 5.35. The molecular weight excluding hydrogens is 242 g/mol. The van der Waals surface area contributed by atoms with Gasteiger partial charge < -0.3 is 11.1 Å². The molecule has 1 aliphatic rings. The lowest BCUT2D eigenvalue weighted by atomic mass is 10.1. The van der Waals surface area contributed by atoms with Crippen LogP contribution in [0.3, 0.4) is 0 Å². The van der Waals surface area contributed by atoms with Crippen molar-refractivity contribution in [3.8, 4) is 0 Å². The molecule has 1 aromatic carbocycles. The minimum atomic E-state index is 0.734. The van der Waals surface area contributed by atoms with Crippen molar-refractivity contribution in [1.29, 1.82) is 0 Å². The molecule has 96 valence electrons. The molecule has 3 nitrogen and oxygen atoms in total. The summed E-state index contributed by atoms with van der Waals surface area (Å²) in [5.74, 6) is 1.65. The SMILES string of the molecule is Cc1nc2cc(NCC(C)C3CC3)c(N)cc2s1. The first-order chi connectivity index (χ1) is 8.63. The fourth-order valence-electron chi connectivity index (χ4n) is 2.36. The summed E-state index contributed by atoms with van der Waals surface area (Å²) in [6.07, 6.45) is 2.78. The first-order valence-electron chi connectivity index (χ1n) is 6.54. The zero-order chi connectivity index (χ0) is 12.7. The Hall–Kier alpha value is -1.29. The van der Waals surface area contributed by atoms with E-state index in [1.807, 2.05) is 13.0 Å². The standard InChI is InChI=1S/C14H19N3S/c1-8(10-3-4-10)7-16-12-6-13-14(5-11(12)15)18-9(2)17-13/h5-6,8,10,16H,3-4,7,15H2,1-2H3. The van der Waals surface area contributed by atoms with E-state index in [4.69, 9.17) is 5.73 Å². The van der Waals surface area contributed by atoms with E-state index in [0.29, 0.717) is 0 Å².